The minimum absolute atomic E-state index is 0.0300. The zero-order chi connectivity index (χ0) is 18.9. The van der Waals surface area contributed by atoms with E-state index in [1.54, 1.807) is 0 Å². The molecule has 0 heterocycles. The molecule has 0 aliphatic carbocycles. The fraction of sp³-hybridized carbons (Fsp3) is 0.174. The second kappa shape index (κ2) is 9.43. The topological polar surface area (TPSA) is 47.6 Å². The lowest BCUT2D eigenvalue weighted by Crippen LogP contribution is -2.20. The van der Waals surface area contributed by atoms with Gasteiger partial charge >= 0.3 is 0 Å². The Morgan fingerprint density at radius 3 is 2.07 bits per heavy atom. The second-order valence-corrected chi connectivity index (χ2v) is 6.13. The third kappa shape index (κ3) is 5.89. The Labute approximate surface area is 159 Å². The van der Waals surface area contributed by atoms with Gasteiger partial charge in [-0.15, -0.1) is 0 Å². The third-order valence-electron chi connectivity index (χ3n) is 4.09. The predicted octanol–water partition coefficient (Wildman–Crippen LogP) is 4.85. The number of carbonyl (C=O) groups excluding carboxylic acids is 1. The van der Waals surface area contributed by atoms with Crippen LogP contribution in [0.3, 0.4) is 0 Å². The molecular formula is C23H23NO3. The molecule has 1 N–H and O–H groups in total. The van der Waals surface area contributed by atoms with Crippen molar-refractivity contribution >= 4 is 11.6 Å². The average molecular weight is 361 g/mol. The Hall–Kier alpha value is -3.27. The van der Waals surface area contributed by atoms with Crippen LogP contribution in [0.15, 0.2) is 78.9 Å². The third-order valence-corrected chi connectivity index (χ3v) is 4.09. The van der Waals surface area contributed by atoms with E-state index in [4.69, 9.17) is 9.47 Å². The van der Waals surface area contributed by atoms with Crippen LogP contribution < -0.4 is 14.8 Å². The Bertz CT molecular complexity index is 843. The molecule has 0 spiro atoms. The van der Waals surface area contributed by atoms with Crippen molar-refractivity contribution in [2.24, 2.45) is 0 Å². The smallest absolute Gasteiger partial charge is 0.262 e. The molecule has 0 saturated carbocycles. The van der Waals surface area contributed by atoms with Crippen molar-refractivity contribution in [3.8, 4) is 11.5 Å². The van der Waals surface area contributed by atoms with Gasteiger partial charge in [0.1, 0.15) is 18.1 Å². The summed E-state index contributed by atoms with van der Waals surface area (Å²) in [4.78, 5) is 12.0. The normalized spacial score (nSPS) is 10.3. The fourth-order valence-electron chi connectivity index (χ4n) is 2.54. The minimum atomic E-state index is -0.201. The van der Waals surface area contributed by atoms with E-state index < -0.39 is 0 Å². The molecule has 0 aliphatic heterocycles. The van der Waals surface area contributed by atoms with E-state index in [-0.39, 0.29) is 12.5 Å². The van der Waals surface area contributed by atoms with Gasteiger partial charge in [0.15, 0.2) is 6.61 Å². The summed E-state index contributed by atoms with van der Waals surface area (Å²) in [6.07, 6.45) is 0.978. The Morgan fingerprint density at radius 1 is 0.778 bits per heavy atom. The van der Waals surface area contributed by atoms with Crippen LogP contribution in [0.1, 0.15) is 18.1 Å². The first-order valence-corrected chi connectivity index (χ1v) is 9.01. The van der Waals surface area contributed by atoms with Crippen LogP contribution >= 0.6 is 0 Å². The van der Waals surface area contributed by atoms with Crippen molar-refractivity contribution in [1.29, 1.82) is 0 Å². The van der Waals surface area contributed by atoms with Crippen molar-refractivity contribution in [2.45, 2.75) is 20.0 Å². The summed E-state index contributed by atoms with van der Waals surface area (Å²) >= 11 is 0. The number of nitrogens with one attached hydrogen (secondary N) is 1. The molecule has 0 atom stereocenters. The van der Waals surface area contributed by atoms with Crippen LogP contribution in [0.2, 0.25) is 0 Å². The molecule has 3 aromatic rings. The standard InChI is InChI=1S/C23H23NO3/c1-2-18-8-12-21(13-9-18)27-17-23(25)24-20-10-14-22(15-11-20)26-16-19-6-4-3-5-7-19/h3-15H,2,16-17H2,1H3,(H,24,25). The summed E-state index contributed by atoms with van der Waals surface area (Å²) in [6, 6.07) is 25.0. The molecular weight excluding hydrogens is 338 g/mol. The van der Waals surface area contributed by atoms with Gasteiger partial charge in [0.05, 0.1) is 0 Å². The lowest BCUT2D eigenvalue weighted by atomic mass is 10.2. The first kappa shape index (κ1) is 18.5. The van der Waals surface area contributed by atoms with Crippen molar-refractivity contribution in [3.05, 3.63) is 90.0 Å². The largest absolute Gasteiger partial charge is 0.489 e. The lowest BCUT2D eigenvalue weighted by Gasteiger charge is -2.09. The van der Waals surface area contributed by atoms with Gasteiger partial charge in [-0.2, -0.15) is 0 Å². The van der Waals surface area contributed by atoms with Crippen LogP contribution in [-0.4, -0.2) is 12.5 Å². The number of hydrogen-bond acceptors (Lipinski definition) is 3. The minimum Gasteiger partial charge on any atom is -0.489 e. The molecule has 3 aromatic carbocycles. The fourth-order valence-corrected chi connectivity index (χ4v) is 2.54. The highest BCUT2D eigenvalue weighted by Crippen LogP contribution is 2.17. The summed E-state index contributed by atoms with van der Waals surface area (Å²) in [7, 11) is 0. The molecule has 0 unspecified atom stereocenters. The Kier molecular flexibility index (Phi) is 6.47. The maximum Gasteiger partial charge on any atom is 0.262 e. The van der Waals surface area contributed by atoms with E-state index in [0.29, 0.717) is 18.0 Å². The summed E-state index contributed by atoms with van der Waals surface area (Å²) in [5.74, 6) is 1.24. The zero-order valence-corrected chi connectivity index (χ0v) is 15.4. The van der Waals surface area contributed by atoms with E-state index in [9.17, 15) is 4.79 Å². The maximum atomic E-state index is 12.0. The molecule has 4 heteroatoms. The van der Waals surface area contributed by atoms with Crippen molar-refractivity contribution < 1.29 is 14.3 Å². The Balaban J connectivity index is 1.45. The van der Waals surface area contributed by atoms with Crippen LogP contribution in [-0.2, 0) is 17.8 Å². The predicted molar refractivity (Wildman–Crippen MR) is 107 cm³/mol. The molecule has 0 bridgehead atoms. The molecule has 0 fully saturated rings. The first-order chi connectivity index (χ1) is 13.2. The number of aryl methyl sites for hydroxylation is 1. The van der Waals surface area contributed by atoms with E-state index in [1.165, 1.54) is 5.56 Å². The molecule has 0 radical (unpaired) electrons. The quantitative estimate of drug-likeness (QED) is 0.624. The van der Waals surface area contributed by atoms with Gasteiger partial charge < -0.3 is 14.8 Å². The van der Waals surface area contributed by atoms with E-state index >= 15 is 0 Å². The molecule has 1 amide bonds. The Morgan fingerprint density at radius 2 is 1.41 bits per heavy atom. The maximum absolute atomic E-state index is 12.0. The lowest BCUT2D eigenvalue weighted by molar-refractivity contribution is -0.118. The van der Waals surface area contributed by atoms with Gasteiger partial charge in [-0.05, 0) is 53.9 Å². The first-order valence-electron chi connectivity index (χ1n) is 9.01. The number of benzene rings is 3. The summed E-state index contributed by atoms with van der Waals surface area (Å²) in [5.41, 5.74) is 3.05. The van der Waals surface area contributed by atoms with E-state index in [1.807, 2.05) is 78.9 Å². The molecule has 3 rings (SSSR count). The molecule has 0 aromatic heterocycles. The zero-order valence-electron chi connectivity index (χ0n) is 15.4. The number of amides is 1. The van der Waals surface area contributed by atoms with E-state index in [2.05, 4.69) is 12.2 Å². The number of carbonyl (C=O) groups is 1. The van der Waals surface area contributed by atoms with Crippen LogP contribution in [0.5, 0.6) is 11.5 Å². The highest BCUT2D eigenvalue weighted by Gasteiger charge is 2.04. The molecule has 0 aliphatic rings. The summed E-state index contributed by atoms with van der Waals surface area (Å²) in [6.45, 7) is 2.58. The molecule has 0 saturated heterocycles. The van der Waals surface area contributed by atoms with Gasteiger partial charge in [0.2, 0.25) is 0 Å². The van der Waals surface area contributed by atoms with Gasteiger partial charge in [-0.1, -0.05) is 49.4 Å². The van der Waals surface area contributed by atoms with Gasteiger partial charge in [0, 0.05) is 5.69 Å². The van der Waals surface area contributed by atoms with Crippen LogP contribution in [0.25, 0.3) is 0 Å². The highest BCUT2D eigenvalue weighted by atomic mass is 16.5. The number of anilines is 1. The van der Waals surface area contributed by atoms with Gasteiger partial charge in [-0.25, -0.2) is 0 Å². The number of hydrogen-bond donors (Lipinski definition) is 1. The van der Waals surface area contributed by atoms with Crippen LogP contribution in [0.4, 0.5) is 5.69 Å². The molecule has 138 valence electrons. The SMILES string of the molecule is CCc1ccc(OCC(=O)Nc2ccc(OCc3ccccc3)cc2)cc1. The molecule has 27 heavy (non-hydrogen) atoms. The van der Waals surface area contributed by atoms with Crippen molar-refractivity contribution in [3.63, 3.8) is 0 Å². The average Bonchev–Trinajstić information content (AvgIpc) is 2.73. The molecule has 4 nitrogen and oxygen atoms in total. The summed E-state index contributed by atoms with van der Waals surface area (Å²) < 4.78 is 11.3. The van der Waals surface area contributed by atoms with E-state index in [0.717, 1.165) is 17.7 Å². The number of ether oxygens (including phenoxy) is 2. The highest BCUT2D eigenvalue weighted by molar-refractivity contribution is 5.91. The van der Waals surface area contributed by atoms with Gasteiger partial charge in [0.25, 0.3) is 5.91 Å². The van der Waals surface area contributed by atoms with Crippen molar-refractivity contribution in [1.82, 2.24) is 0 Å². The van der Waals surface area contributed by atoms with Crippen LogP contribution in [0, 0.1) is 0 Å². The van der Waals surface area contributed by atoms with Gasteiger partial charge in [-0.3, -0.25) is 4.79 Å². The summed E-state index contributed by atoms with van der Waals surface area (Å²) in [5, 5.41) is 2.82. The monoisotopic (exact) mass is 361 g/mol. The second-order valence-electron chi connectivity index (χ2n) is 6.13. The number of rotatable bonds is 8. The van der Waals surface area contributed by atoms with Crippen molar-refractivity contribution in [2.75, 3.05) is 11.9 Å².